The van der Waals surface area contributed by atoms with Gasteiger partial charge in [0.2, 0.25) is 0 Å². The molecule has 2 N–H and O–H groups in total. The number of ether oxygens (including phenoxy) is 1. The van der Waals surface area contributed by atoms with Crippen molar-refractivity contribution in [1.29, 1.82) is 0 Å². The molecular weight excluding hydrogens is 156 g/mol. The molecule has 12 heavy (non-hydrogen) atoms. The lowest BCUT2D eigenvalue weighted by molar-refractivity contribution is 0.146. The Balaban J connectivity index is 3.24. The number of hydrazine groups is 1. The third-order valence-electron chi connectivity index (χ3n) is 1.61. The van der Waals surface area contributed by atoms with Gasteiger partial charge in [-0.1, -0.05) is 20.3 Å². The highest BCUT2D eigenvalue weighted by atomic mass is 16.5. The van der Waals surface area contributed by atoms with Gasteiger partial charge in [-0.2, -0.15) is 0 Å². The van der Waals surface area contributed by atoms with Gasteiger partial charge in [-0.05, 0) is 12.8 Å². The van der Waals surface area contributed by atoms with Gasteiger partial charge in [-0.3, -0.25) is 5.43 Å². The minimum absolute atomic E-state index is 0.400. The SMILES string of the molecule is CCOC(=O)NNCC(C)CC. The molecule has 0 bridgehead atoms. The molecule has 1 amide bonds. The van der Waals surface area contributed by atoms with E-state index in [4.69, 9.17) is 0 Å². The molecule has 1 unspecified atom stereocenters. The second-order valence-electron chi connectivity index (χ2n) is 2.74. The number of nitrogens with one attached hydrogen (secondary N) is 2. The fourth-order valence-electron chi connectivity index (χ4n) is 0.609. The second kappa shape index (κ2) is 6.91. The van der Waals surface area contributed by atoms with E-state index < -0.39 is 6.09 Å². The van der Waals surface area contributed by atoms with Gasteiger partial charge in [0.25, 0.3) is 0 Å². The van der Waals surface area contributed by atoms with Gasteiger partial charge in [-0.25, -0.2) is 10.2 Å². The third kappa shape index (κ3) is 5.97. The lowest BCUT2D eigenvalue weighted by Crippen LogP contribution is -2.40. The quantitative estimate of drug-likeness (QED) is 0.617. The molecule has 4 nitrogen and oxygen atoms in total. The average molecular weight is 174 g/mol. The van der Waals surface area contributed by atoms with E-state index in [2.05, 4.69) is 29.4 Å². The molecule has 0 aromatic carbocycles. The first-order chi connectivity index (χ1) is 5.70. The minimum Gasteiger partial charge on any atom is -0.449 e. The molecule has 0 aliphatic carbocycles. The minimum atomic E-state index is -0.416. The van der Waals surface area contributed by atoms with E-state index in [1.165, 1.54) is 0 Å². The van der Waals surface area contributed by atoms with Gasteiger partial charge < -0.3 is 4.74 Å². The Labute approximate surface area is 73.6 Å². The monoisotopic (exact) mass is 174 g/mol. The topological polar surface area (TPSA) is 50.4 Å². The summed E-state index contributed by atoms with van der Waals surface area (Å²) in [5.74, 6) is 0.562. The highest BCUT2D eigenvalue weighted by Crippen LogP contribution is 1.95. The molecule has 0 saturated carbocycles. The molecule has 0 saturated heterocycles. The Kier molecular flexibility index (Phi) is 6.47. The maximum Gasteiger partial charge on any atom is 0.421 e. The van der Waals surface area contributed by atoms with Crippen molar-refractivity contribution in [3.05, 3.63) is 0 Å². The third-order valence-corrected chi connectivity index (χ3v) is 1.61. The maximum atomic E-state index is 10.7. The van der Waals surface area contributed by atoms with Crippen LogP contribution in [0.1, 0.15) is 27.2 Å². The van der Waals surface area contributed by atoms with Gasteiger partial charge in [0.1, 0.15) is 0 Å². The summed E-state index contributed by atoms with van der Waals surface area (Å²) >= 11 is 0. The number of carbonyl (C=O) groups excluding carboxylic acids is 1. The molecule has 0 aliphatic heterocycles. The summed E-state index contributed by atoms with van der Waals surface area (Å²) in [5.41, 5.74) is 5.23. The van der Waals surface area contributed by atoms with Crippen molar-refractivity contribution in [3.8, 4) is 0 Å². The van der Waals surface area contributed by atoms with Gasteiger partial charge in [0.15, 0.2) is 0 Å². The number of hydrogen-bond donors (Lipinski definition) is 2. The zero-order valence-electron chi connectivity index (χ0n) is 8.02. The highest BCUT2D eigenvalue weighted by molar-refractivity contribution is 5.66. The first-order valence-electron chi connectivity index (χ1n) is 4.36. The lowest BCUT2D eigenvalue weighted by Gasteiger charge is -2.10. The molecule has 0 aromatic heterocycles. The van der Waals surface area contributed by atoms with Gasteiger partial charge in [0.05, 0.1) is 6.61 Å². The smallest absolute Gasteiger partial charge is 0.421 e. The maximum absolute atomic E-state index is 10.7. The summed E-state index contributed by atoms with van der Waals surface area (Å²) in [6.07, 6.45) is 0.679. The fourth-order valence-corrected chi connectivity index (χ4v) is 0.609. The summed E-state index contributed by atoms with van der Waals surface area (Å²) in [4.78, 5) is 10.7. The van der Waals surface area contributed by atoms with Crippen LogP contribution in [0.15, 0.2) is 0 Å². The number of amides is 1. The fraction of sp³-hybridized carbons (Fsp3) is 0.875. The van der Waals surface area contributed by atoms with E-state index >= 15 is 0 Å². The zero-order valence-corrected chi connectivity index (χ0v) is 8.02. The first kappa shape index (κ1) is 11.2. The van der Waals surface area contributed by atoms with E-state index in [0.717, 1.165) is 13.0 Å². The summed E-state index contributed by atoms with van der Waals surface area (Å²) in [5, 5.41) is 0. The van der Waals surface area contributed by atoms with Crippen LogP contribution in [-0.4, -0.2) is 19.2 Å². The van der Waals surface area contributed by atoms with Crippen LogP contribution in [-0.2, 0) is 4.74 Å². The van der Waals surface area contributed by atoms with Crippen LogP contribution in [0.3, 0.4) is 0 Å². The van der Waals surface area contributed by atoms with Crippen LogP contribution in [0, 0.1) is 5.92 Å². The van der Waals surface area contributed by atoms with Crippen LogP contribution in [0.2, 0.25) is 0 Å². The lowest BCUT2D eigenvalue weighted by atomic mass is 10.1. The summed E-state index contributed by atoms with van der Waals surface area (Å²) in [6, 6.07) is 0. The van der Waals surface area contributed by atoms with Gasteiger partial charge in [0, 0.05) is 6.54 Å². The normalized spacial score (nSPS) is 12.2. The van der Waals surface area contributed by atoms with E-state index in [0.29, 0.717) is 12.5 Å². The van der Waals surface area contributed by atoms with Crippen molar-refractivity contribution in [1.82, 2.24) is 10.9 Å². The molecule has 0 fully saturated rings. The van der Waals surface area contributed by atoms with Gasteiger partial charge >= 0.3 is 6.09 Å². The summed E-state index contributed by atoms with van der Waals surface area (Å²) < 4.78 is 4.64. The van der Waals surface area contributed by atoms with E-state index in [-0.39, 0.29) is 0 Å². The Morgan fingerprint density at radius 2 is 2.17 bits per heavy atom. The summed E-state index contributed by atoms with van der Waals surface area (Å²) in [6.45, 7) is 7.16. The number of carbonyl (C=O) groups is 1. The zero-order chi connectivity index (χ0) is 9.40. The molecule has 0 aromatic rings. The van der Waals surface area contributed by atoms with Crippen molar-refractivity contribution in [2.45, 2.75) is 27.2 Å². The number of rotatable bonds is 5. The molecule has 4 heteroatoms. The van der Waals surface area contributed by atoms with Crippen molar-refractivity contribution in [3.63, 3.8) is 0 Å². The van der Waals surface area contributed by atoms with E-state index in [1.54, 1.807) is 6.92 Å². The molecule has 1 atom stereocenters. The number of hydrogen-bond acceptors (Lipinski definition) is 3. The van der Waals surface area contributed by atoms with Crippen LogP contribution in [0.5, 0.6) is 0 Å². The molecule has 0 heterocycles. The summed E-state index contributed by atoms with van der Waals surface area (Å²) in [7, 11) is 0. The van der Waals surface area contributed by atoms with E-state index in [1.807, 2.05) is 0 Å². The largest absolute Gasteiger partial charge is 0.449 e. The van der Waals surface area contributed by atoms with E-state index in [9.17, 15) is 4.79 Å². The van der Waals surface area contributed by atoms with Crippen molar-refractivity contribution in [2.24, 2.45) is 5.92 Å². The predicted octanol–water partition coefficient (Wildman–Crippen LogP) is 1.28. The molecule has 0 aliphatic rings. The van der Waals surface area contributed by atoms with Crippen molar-refractivity contribution < 1.29 is 9.53 Å². The van der Waals surface area contributed by atoms with Crippen LogP contribution >= 0.6 is 0 Å². The molecule has 72 valence electrons. The Morgan fingerprint density at radius 1 is 1.50 bits per heavy atom. The molecule has 0 radical (unpaired) electrons. The van der Waals surface area contributed by atoms with Crippen LogP contribution in [0.4, 0.5) is 4.79 Å². The first-order valence-corrected chi connectivity index (χ1v) is 4.36. The molecule has 0 rings (SSSR count). The second-order valence-corrected chi connectivity index (χ2v) is 2.74. The molecule has 0 spiro atoms. The van der Waals surface area contributed by atoms with Crippen molar-refractivity contribution >= 4 is 6.09 Å². The highest BCUT2D eigenvalue weighted by Gasteiger charge is 2.00. The average Bonchev–Trinajstić information content (AvgIpc) is 2.04. The van der Waals surface area contributed by atoms with Crippen molar-refractivity contribution in [2.75, 3.05) is 13.2 Å². The standard InChI is InChI=1S/C8H18N2O2/c1-4-7(3)6-9-10-8(11)12-5-2/h7,9H,4-6H2,1-3H3,(H,10,11). The Morgan fingerprint density at radius 3 is 2.67 bits per heavy atom. The van der Waals surface area contributed by atoms with Crippen LogP contribution < -0.4 is 10.9 Å². The molecular formula is C8H18N2O2. The van der Waals surface area contributed by atoms with Gasteiger partial charge in [-0.15, -0.1) is 0 Å². The van der Waals surface area contributed by atoms with Crippen LogP contribution in [0.25, 0.3) is 0 Å². The predicted molar refractivity (Wildman–Crippen MR) is 47.6 cm³/mol. The Bertz CT molecular complexity index is 128. The Hall–Kier alpha value is -0.770.